The van der Waals surface area contributed by atoms with Crippen LogP contribution in [0.3, 0.4) is 0 Å². The third-order valence-corrected chi connectivity index (χ3v) is 7.51. The lowest BCUT2D eigenvalue weighted by Crippen LogP contribution is -2.51. The molecular formula is C18H25N3O4S. The van der Waals surface area contributed by atoms with E-state index < -0.39 is 14.8 Å². The van der Waals surface area contributed by atoms with Gasteiger partial charge in [-0.05, 0) is 43.2 Å². The van der Waals surface area contributed by atoms with E-state index in [-0.39, 0.29) is 10.6 Å². The van der Waals surface area contributed by atoms with Crippen LogP contribution in [0, 0.1) is 22.0 Å². The van der Waals surface area contributed by atoms with Gasteiger partial charge in [0.1, 0.15) is 5.69 Å². The molecule has 0 N–H and O–H groups in total. The number of hydrogen-bond acceptors (Lipinski definition) is 6. The summed E-state index contributed by atoms with van der Waals surface area (Å²) in [7, 11) is -3.46. The predicted molar refractivity (Wildman–Crippen MR) is 99.2 cm³/mol. The Kier molecular flexibility index (Phi) is 4.43. The fraction of sp³-hybridized carbons (Fsp3) is 0.667. The first-order chi connectivity index (χ1) is 12.3. The van der Waals surface area contributed by atoms with E-state index in [0.29, 0.717) is 11.7 Å². The van der Waals surface area contributed by atoms with Crippen molar-refractivity contribution < 1.29 is 13.3 Å². The average molecular weight is 379 g/mol. The molecule has 0 amide bonds. The molecule has 2 aliphatic carbocycles. The molecule has 0 spiro atoms. The van der Waals surface area contributed by atoms with Crippen LogP contribution in [0.4, 0.5) is 11.4 Å². The van der Waals surface area contributed by atoms with Crippen LogP contribution < -0.4 is 4.90 Å². The molecule has 2 saturated carbocycles. The molecule has 0 radical (unpaired) electrons. The molecule has 3 unspecified atom stereocenters. The van der Waals surface area contributed by atoms with Crippen molar-refractivity contribution in [2.45, 2.75) is 36.6 Å². The molecule has 2 bridgehead atoms. The number of rotatable bonds is 4. The summed E-state index contributed by atoms with van der Waals surface area (Å²) in [6.45, 7) is 3.32. The zero-order valence-electron chi connectivity index (χ0n) is 15.0. The molecule has 7 nitrogen and oxygen atoms in total. The number of piperazine rings is 1. The predicted octanol–water partition coefficient (Wildman–Crippen LogP) is 2.31. The zero-order valence-corrected chi connectivity index (χ0v) is 15.8. The van der Waals surface area contributed by atoms with Crippen LogP contribution in [-0.2, 0) is 9.84 Å². The van der Waals surface area contributed by atoms with Gasteiger partial charge >= 0.3 is 0 Å². The maximum absolute atomic E-state index is 11.7. The van der Waals surface area contributed by atoms with Crippen molar-refractivity contribution in [3.63, 3.8) is 0 Å². The van der Waals surface area contributed by atoms with Gasteiger partial charge in [-0.25, -0.2) is 8.42 Å². The van der Waals surface area contributed by atoms with E-state index >= 15 is 0 Å². The minimum atomic E-state index is -3.46. The Morgan fingerprint density at radius 2 is 1.85 bits per heavy atom. The second-order valence-electron chi connectivity index (χ2n) is 7.95. The molecule has 1 saturated heterocycles. The van der Waals surface area contributed by atoms with Crippen molar-refractivity contribution in [1.82, 2.24) is 4.90 Å². The van der Waals surface area contributed by atoms with Crippen LogP contribution in [0.2, 0.25) is 0 Å². The molecule has 1 heterocycles. The van der Waals surface area contributed by atoms with Crippen LogP contribution in [0.15, 0.2) is 23.1 Å². The van der Waals surface area contributed by atoms with Crippen LogP contribution in [0.25, 0.3) is 0 Å². The number of fused-ring (bicyclic) bond motifs is 2. The fourth-order valence-electron chi connectivity index (χ4n) is 5.10. The fourth-order valence-corrected chi connectivity index (χ4v) is 5.74. The molecule has 142 valence electrons. The molecule has 1 aromatic carbocycles. The Morgan fingerprint density at radius 3 is 2.38 bits per heavy atom. The highest BCUT2D eigenvalue weighted by molar-refractivity contribution is 7.90. The largest absolute Gasteiger partial charge is 0.363 e. The van der Waals surface area contributed by atoms with Gasteiger partial charge in [0.25, 0.3) is 5.69 Å². The van der Waals surface area contributed by atoms with Gasteiger partial charge in [0.2, 0.25) is 0 Å². The van der Waals surface area contributed by atoms with Crippen molar-refractivity contribution >= 4 is 21.2 Å². The first kappa shape index (κ1) is 17.7. The third-order valence-electron chi connectivity index (χ3n) is 6.40. The Labute approximate surface area is 154 Å². The zero-order chi connectivity index (χ0) is 18.5. The average Bonchev–Trinajstić information content (AvgIpc) is 3.24. The highest BCUT2D eigenvalue weighted by atomic mass is 32.2. The van der Waals surface area contributed by atoms with Gasteiger partial charge in [-0.3, -0.25) is 15.0 Å². The van der Waals surface area contributed by atoms with E-state index in [9.17, 15) is 18.5 Å². The van der Waals surface area contributed by atoms with Crippen LogP contribution in [-0.4, -0.2) is 56.7 Å². The number of nitro benzene ring substituents is 1. The number of nitrogens with zero attached hydrogens (tertiary/aromatic N) is 3. The summed E-state index contributed by atoms with van der Waals surface area (Å²) in [5, 5.41) is 11.5. The van der Waals surface area contributed by atoms with Crippen molar-refractivity contribution in [1.29, 1.82) is 0 Å². The summed E-state index contributed by atoms with van der Waals surface area (Å²) < 4.78 is 23.4. The molecule has 1 aliphatic heterocycles. The molecule has 3 atom stereocenters. The maximum atomic E-state index is 11.7. The Bertz CT molecular complexity index is 818. The monoisotopic (exact) mass is 379 g/mol. The minimum absolute atomic E-state index is 0.00596. The number of anilines is 1. The molecule has 1 aromatic rings. The van der Waals surface area contributed by atoms with Crippen molar-refractivity contribution in [3.05, 3.63) is 28.3 Å². The summed E-state index contributed by atoms with van der Waals surface area (Å²) in [6.07, 6.45) is 6.50. The second kappa shape index (κ2) is 6.49. The highest BCUT2D eigenvalue weighted by Gasteiger charge is 2.43. The van der Waals surface area contributed by atoms with Gasteiger partial charge < -0.3 is 4.90 Å². The van der Waals surface area contributed by atoms with Gasteiger partial charge in [-0.15, -0.1) is 0 Å². The Morgan fingerprint density at radius 1 is 1.12 bits per heavy atom. The maximum Gasteiger partial charge on any atom is 0.293 e. The molecule has 8 heteroatoms. The summed E-state index contributed by atoms with van der Waals surface area (Å²) in [5.74, 6) is 1.75. The third kappa shape index (κ3) is 3.20. The highest BCUT2D eigenvalue weighted by Crippen LogP contribution is 2.47. The van der Waals surface area contributed by atoms with E-state index in [1.54, 1.807) is 6.07 Å². The van der Waals surface area contributed by atoms with Gasteiger partial charge in [-0.1, -0.05) is 6.42 Å². The first-order valence-electron chi connectivity index (χ1n) is 9.30. The lowest BCUT2D eigenvalue weighted by Gasteiger charge is -2.41. The number of hydrogen-bond donors (Lipinski definition) is 0. The number of nitro groups is 1. The topological polar surface area (TPSA) is 83.8 Å². The Hall–Kier alpha value is -1.67. The molecule has 3 aliphatic rings. The van der Waals surface area contributed by atoms with Gasteiger partial charge in [-0.2, -0.15) is 0 Å². The van der Waals surface area contributed by atoms with Gasteiger partial charge in [0.05, 0.1) is 9.82 Å². The molecular weight excluding hydrogens is 354 g/mol. The molecule has 26 heavy (non-hydrogen) atoms. The normalized spacial score (nSPS) is 29.3. The minimum Gasteiger partial charge on any atom is -0.363 e. The lowest BCUT2D eigenvalue weighted by molar-refractivity contribution is -0.384. The van der Waals surface area contributed by atoms with E-state index in [1.165, 1.54) is 37.8 Å². The second-order valence-corrected chi connectivity index (χ2v) is 9.96. The van der Waals surface area contributed by atoms with E-state index in [4.69, 9.17) is 0 Å². The SMILES string of the molecule is CS(=O)(=O)c1ccc(N2CCN(C3CC4CCC3C4)CC2)c([N+](=O)[O-])c1. The van der Waals surface area contributed by atoms with Crippen molar-refractivity contribution in [2.75, 3.05) is 37.3 Å². The molecule has 3 fully saturated rings. The quantitative estimate of drug-likeness (QED) is 0.590. The number of sulfone groups is 1. The molecule has 4 rings (SSSR count). The van der Waals surface area contributed by atoms with Crippen molar-refractivity contribution in [3.8, 4) is 0 Å². The van der Waals surface area contributed by atoms with Crippen LogP contribution in [0.5, 0.6) is 0 Å². The molecule has 0 aromatic heterocycles. The summed E-state index contributed by atoms with van der Waals surface area (Å²) >= 11 is 0. The van der Waals surface area contributed by atoms with Crippen LogP contribution >= 0.6 is 0 Å². The smallest absolute Gasteiger partial charge is 0.293 e. The lowest BCUT2D eigenvalue weighted by atomic mass is 9.93. The summed E-state index contributed by atoms with van der Waals surface area (Å²) in [6, 6.07) is 4.94. The van der Waals surface area contributed by atoms with E-state index in [2.05, 4.69) is 4.90 Å². The number of benzene rings is 1. The van der Waals surface area contributed by atoms with Crippen LogP contribution in [0.1, 0.15) is 25.7 Å². The summed E-state index contributed by atoms with van der Waals surface area (Å²) in [5.41, 5.74) is 0.399. The van der Waals surface area contributed by atoms with E-state index in [1.807, 2.05) is 4.90 Å². The van der Waals surface area contributed by atoms with Gasteiger partial charge in [0.15, 0.2) is 9.84 Å². The van der Waals surface area contributed by atoms with Crippen molar-refractivity contribution in [2.24, 2.45) is 11.8 Å². The summed E-state index contributed by atoms with van der Waals surface area (Å²) in [4.78, 5) is 15.6. The van der Waals surface area contributed by atoms with E-state index in [0.717, 1.165) is 44.3 Å². The van der Waals surface area contributed by atoms with Gasteiger partial charge in [0, 0.05) is 44.5 Å². The first-order valence-corrected chi connectivity index (χ1v) is 11.2. The Balaban J connectivity index is 1.49. The standard InChI is InChI=1S/C18H25N3O4S/c1-26(24,25)15-4-5-16(18(12-15)21(22)23)19-6-8-20(9-7-19)17-11-13-2-3-14(17)10-13/h4-5,12-14,17H,2-3,6-11H2,1H3.